The van der Waals surface area contributed by atoms with Crippen molar-refractivity contribution < 1.29 is 18.0 Å². The molecule has 33 heavy (non-hydrogen) atoms. The molecule has 0 heterocycles. The second kappa shape index (κ2) is 11.4. The maximum atomic E-state index is 13.5. The van der Waals surface area contributed by atoms with Crippen LogP contribution in [0.5, 0.6) is 0 Å². The molecule has 2 aromatic rings. The van der Waals surface area contributed by atoms with Crippen LogP contribution in [0.25, 0.3) is 0 Å². The Labute approximate surface area is 209 Å². The SMILES string of the molecule is CC[C@H](C(=O)NC)N(Cc1ccccc1C)C(=O)CN(c1cc(Cl)c(Cl)cc1Cl)S(C)(=O)=O. The van der Waals surface area contributed by atoms with Crippen molar-refractivity contribution in [3.63, 3.8) is 0 Å². The van der Waals surface area contributed by atoms with Gasteiger partial charge in [0.2, 0.25) is 21.8 Å². The highest BCUT2D eigenvalue weighted by Gasteiger charge is 2.32. The maximum absolute atomic E-state index is 13.5. The van der Waals surface area contributed by atoms with Crippen LogP contribution in [-0.2, 0) is 26.2 Å². The lowest BCUT2D eigenvalue weighted by Gasteiger charge is -2.33. The molecule has 2 amide bonds. The van der Waals surface area contributed by atoms with Gasteiger partial charge in [-0.1, -0.05) is 66.0 Å². The largest absolute Gasteiger partial charge is 0.357 e. The highest BCUT2D eigenvalue weighted by atomic mass is 35.5. The number of carbonyl (C=O) groups excluding carboxylic acids is 2. The molecule has 0 aliphatic heterocycles. The Bertz CT molecular complexity index is 1140. The lowest BCUT2D eigenvalue weighted by Crippen LogP contribution is -2.51. The number of nitrogens with one attached hydrogen (secondary N) is 1. The van der Waals surface area contributed by atoms with Crippen molar-refractivity contribution >= 4 is 62.3 Å². The molecule has 1 N–H and O–H groups in total. The Morgan fingerprint density at radius 2 is 1.67 bits per heavy atom. The van der Waals surface area contributed by atoms with Gasteiger partial charge in [0.15, 0.2) is 0 Å². The predicted molar refractivity (Wildman–Crippen MR) is 134 cm³/mol. The van der Waals surface area contributed by atoms with Crippen LogP contribution in [-0.4, -0.2) is 51.0 Å². The summed E-state index contributed by atoms with van der Waals surface area (Å²) in [5.74, 6) is -0.917. The minimum Gasteiger partial charge on any atom is -0.357 e. The third-order valence-corrected chi connectivity index (χ3v) is 7.32. The van der Waals surface area contributed by atoms with Crippen LogP contribution in [0.4, 0.5) is 5.69 Å². The molecule has 2 aromatic carbocycles. The number of hydrogen-bond acceptors (Lipinski definition) is 4. The van der Waals surface area contributed by atoms with Crippen LogP contribution in [0.1, 0.15) is 24.5 Å². The number of benzene rings is 2. The molecule has 0 saturated carbocycles. The van der Waals surface area contributed by atoms with Gasteiger partial charge in [-0.3, -0.25) is 13.9 Å². The van der Waals surface area contributed by atoms with E-state index >= 15 is 0 Å². The zero-order chi connectivity index (χ0) is 24.9. The molecule has 11 heteroatoms. The smallest absolute Gasteiger partial charge is 0.244 e. The summed E-state index contributed by atoms with van der Waals surface area (Å²) >= 11 is 18.3. The number of amides is 2. The van der Waals surface area contributed by atoms with E-state index in [-0.39, 0.29) is 33.2 Å². The predicted octanol–water partition coefficient (Wildman–Crippen LogP) is 4.27. The Morgan fingerprint density at radius 1 is 1.06 bits per heavy atom. The number of carbonyl (C=O) groups is 2. The molecular weight excluding hydrogens is 509 g/mol. The van der Waals surface area contributed by atoms with Crippen molar-refractivity contribution in [3.8, 4) is 0 Å². The van der Waals surface area contributed by atoms with Crippen LogP contribution in [0.3, 0.4) is 0 Å². The van der Waals surface area contributed by atoms with Crippen molar-refractivity contribution in [3.05, 3.63) is 62.6 Å². The highest BCUT2D eigenvalue weighted by molar-refractivity contribution is 7.92. The van der Waals surface area contributed by atoms with Crippen LogP contribution in [0.2, 0.25) is 15.1 Å². The molecule has 180 valence electrons. The van der Waals surface area contributed by atoms with Gasteiger partial charge in [-0.2, -0.15) is 0 Å². The summed E-state index contributed by atoms with van der Waals surface area (Å²) in [6.45, 7) is 3.24. The van der Waals surface area contributed by atoms with Crippen LogP contribution >= 0.6 is 34.8 Å². The molecule has 0 aliphatic rings. The third-order valence-electron chi connectivity index (χ3n) is 5.17. The first-order valence-corrected chi connectivity index (χ1v) is 13.1. The van der Waals surface area contributed by atoms with E-state index in [1.165, 1.54) is 24.1 Å². The fraction of sp³-hybridized carbons (Fsp3) is 0.364. The molecule has 7 nitrogen and oxygen atoms in total. The van der Waals surface area contributed by atoms with Gasteiger partial charge in [-0.05, 0) is 36.6 Å². The van der Waals surface area contributed by atoms with E-state index in [0.29, 0.717) is 6.42 Å². The molecular formula is C22H26Cl3N3O4S. The number of likely N-dealkylation sites (N-methyl/N-ethyl adjacent to an activating group) is 1. The van der Waals surface area contributed by atoms with Gasteiger partial charge < -0.3 is 10.2 Å². The van der Waals surface area contributed by atoms with Crippen LogP contribution in [0.15, 0.2) is 36.4 Å². The van der Waals surface area contributed by atoms with Crippen molar-refractivity contribution in [1.82, 2.24) is 10.2 Å². The molecule has 0 radical (unpaired) electrons. The van der Waals surface area contributed by atoms with Crippen molar-refractivity contribution in [2.24, 2.45) is 0 Å². The van der Waals surface area contributed by atoms with Crippen molar-refractivity contribution in [2.45, 2.75) is 32.9 Å². The molecule has 0 unspecified atom stereocenters. The molecule has 0 fully saturated rings. The van der Waals surface area contributed by atoms with Gasteiger partial charge in [-0.15, -0.1) is 0 Å². The minimum atomic E-state index is -3.94. The lowest BCUT2D eigenvalue weighted by molar-refractivity contribution is -0.140. The molecule has 1 atom stereocenters. The van der Waals surface area contributed by atoms with E-state index in [1.54, 1.807) is 6.92 Å². The molecule has 2 rings (SSSR count). The van der Waals surface area contributed by atoms with Gasteiger partial charge >= 0.3 is 0 Å². The first kappa shape index (κ1) is 27.2. The number of rotatable bonds is 9. The number of sulfonamides is 1. The van der Waals surface area contributed by atoms with Gasteiger partial charge in [0.05, 0.1) is 27.0 Å². The maximum Gasteiger partial charge on any atom is 0.244 e. The monoisotopic (exact) mass is 533 g/mol. The number of aryl methyl sites for hydroxylation is 1. The van der Waals surface area contributed by atoms with Crippen molar-refractivity contribution in [1.29, 1.82) is 0 Å². The van der Waals surface area contributed by atoms with Gasteiger partial charge in [-0.25, -0.2) is 8.42 Å². The second-order valence-electron chi connectivity index (χ2n) is 7.47. The number of anilines is 1. The topological polar surface area (TPSA) is 86.8 Å². The average Bonchev–Trinajstić information content (AvgIpc) is 2.74. The van der Waals surface area contributed by atoms with E-state index < -0.39 is 28.5 Å². The summed E-state index contributed by atoms with van der Waals surface area (Å²) in [6, 6.07) is 9.28. The van der Waals surface area contributed by atoms with Gasteiger partial charge in [0.1, 0.15) is 12.6 Å². The zero-order valence-electron chi connectivity index (χ0n) is 18.7. The Hall–Kier alpha value is -2.00. The fourth-order valence-corrected chi connectivity index (χ4v) is 4.90. The van der Waals surface area contributed by atoms with Crippen molar-refractivity contribution in [2.75, 3.05) is 24.2 Å². The molecule has 0 saturated heterocycles. The summed E-state index contributed by atoms with van der Waals surface area (Å²) in [5, 5.41) is 2.83. The molecule has 0 bridgehead atoms. The Morgan fingerprint density at radius 3 is 2.21 bits per heavy atom. The van der Waals surface area contributed by atoms with Crippen LogP contribution < -0.4 is 9.62 Å². The normalized spacial score (nSPS) is 12.2. The van der Waals surface area contributed by atoms with Gasteiger partial charge in [0.25, 0.3) is 0 Å². The second-order valence-corrected chi connectivity index (χ2v) is 10.6. The van der Waals surface area contributed by atoms with E-state index in [1.807, 2.05) is 31.2 Å². The van der Waals surface area contributed by atoms with E-state index in [9.17, 15) is 18.0 Å². The van der Waals surface area contributed by atoms with Crippen LogP contribution in [0, 0.1) is 6.92 Å². The zero-order valence-corrected chi connectivity index (χ0v) is 21.8. The Balaban J connectivity index is 2.51. The van der Waals surface area contributed by atoms with E-state index in [4.69, 9.17) is 34.8 Å². The Kier molecular flexibility index (Phi) is 9.43. The van der Waals surface area contributed by atoms with Gasteiger partial charge in [0, 0.05) is 13.6 Å². The quantitative estimate of drug-likeness (QED) is 0.487. The first-order chi connectivity index (χ1) is 15.4. The summed E-state index contributed by atoms with van der Waals surface area (Å²) < 4.78 is 26.1. The first-order valence-electron chi connectivity index (χ1n) is 10.1. The molecule has 0 aliphatic carbocycles. The number of hydrogen-bond donors (Lipinski definition) is 1. The minimum absolute atomic E-state index is 0.0192. The summed E-state index contributed by atoms with van der Waals surface area (Å²) in [4.78, 5) is 27.5. The molecule has 0 spiro atoms. The fourth-order valence-electron chi connectivity index (χ4n) is 3.36. The van der Waals surface area contributed by atoms with E-state index in [2.05, 4.69) is 5.32 Å². The standard InChI is InChI=1S/C22H26Cl3N3O4S/c1-5-19(22(30)26-3)27(12-15-9-7-6-8-14(15)2)21(29)13-28(33(4,31)32)20-11-17(24)16(23)10-18(20)25/h6-11,19H,5,12-13H2,1-4H3,(H,26,30)/t19-/m1/s1. The number of nitrogens with zero attached hydrogens (tertiary/aromatic N) is 2. The average molecular weight is 535 g/mol. The number of halogens is 3. The highest BCUT2D eigenvalue weighted by Crippen LogP contribution is 2.35. The molecule has 0 aromatic heterocycles. The third kappa shape index (κ3) is 6.76. The summed E-state index contributed by atoms with van der Waals surface area (Å²) in [5.41, 5.74) is 1.80. The summed E-state index contributed by atoms with van der Waals surface area (Å²) in [6.07, 6.45) is 1.30. The summed E-state index contributed by atoms with van der Waals surface area (Å²) in [7, 11) is -2.45. The van der Waals surface area contributed by atoms with E-state index in [0.717, 1.165) is 21.7 Å². The lowest BCUT2D eigenvalue weighted by atomic mass is 10.1.